The number of rotatable bonds is 6. The number of benzene rings is 1. The molecule has 0 aromatic heterocycles. The number of phenolic OH excluding ortho intramolecular Hbond substituents is 1. The van der Waals surface area contributed by atoms with E-state index < -0.39 is 12.0 Å². The highest BCUT2D eigenvalue weighted by atomic mass is 79.9. The number of aromatic hydroxyl groups is 1. The molecule has 0 saturated heterocycles. The molecule has 0 spiro atoms. The molecule has 106 valence electrons. The number of aliphatic carboxylic acids is 1. The predicted octanol–water partition coefficient (Wildman–Crippen LogP) is 3.51. The van der Waals surface area contributed by atoms with Crippen LogP contribution < -0.4 is 5.32 Å². The summed E-state index contributed by atoms with van der Waals surface area (Å²) in [4.78, 5) is 11.1. The Morgan fingerprint density at radius 3 is 2.26 bits per heavy atom. The maximum absolute atomic E-state index is 11.1. The fourth-order valence-electron chi connectivity index (χ4n) is 1.70. The maximum atomic E-state index is 11.1. The zero-order valence-electron chi connectivity index (χ0n) is 10.8. The molecular formula is C13H17Br2NO3. The van der Waals surface area contributed by atoms with Crippen molar-refractivity contribution in [3.8, 4) is 5.75 Å². The monoisotopic (exact) mass is 393 g/mol. The van der Waals surface area contributed by atoms with Gasteiger partial charge in [0.1, 0.15) is 11.8 Å². The van der Waals surface area contributed by atoms with Gasteiger partial charge in [0.15, 0.2) is 0 Å². The van der Waals surface area contributed by atoms with Crippen LogP contribution in [0.4, 0.5) is 0 Å². The van der Waals surface area contributed by atoms with Gasteiger partial charge in [0.25, 0.3) is 0 Å². The molecule has 0 aliphatic rings. The molecule has 0 bridgehead atoms. The summed E-state index contributed by atoms with van der Waals surface area (Å²) < 4.78 is 1.16. The van der Waals surface area contributed by atoms with E-state index in [1.165, 1.54) is 0 Å². The Bertz CT molecular complexity index is 440. The van der Waals surface area contributed by atoms with E-state index in [4.69, 9.17) is 5.11 Å². The highest BCUT2D eigenvalue weighted by molar-refractivity contribution is 9.11. The summed E-state index contributed by atoms with van der Waals surface area (Å²) in [6.07, 6.45) is 0.579. The van der Waals surface area contributed by atoms with E-state index in [9.17, 15) is 9.90 Å². The molecule has 6 heteroatoms. The topological polar surface area (TPSA) is 69.6 Å². The normalized spacial score (nSPS) is 12.7. The molecule has 0 fully saturated rings. The van der Waals surface area contributed by atoms with E-state index in [1.54, 1.807) is 12.1 Å². The second kappa shape index (κ2) is 7.26. The summed E-state index contributed by atoms with van der Waals surface area (Å²) in [6.45, 7) is 4.41. The molecule has 0 heterocycles. The Kier molecular flexibility index (Phi) is 6.29. The van der Waals surface area contributed by atoms with Crippen LogP contribution in [0.3, 0.4) is 0 Å². The molecule has 0 saturated carbocycles. The van der Waals surface area contributed by atoms with Crippen molar-refractivity contribution < 1.29 is 15.0 Å². The maximum Gasteiger partial charge on any atom is 0.320 e. The van der Waals surface area contributed by atoms with Gasteiger partial charge in [0, 0.05) is 6.54 Å². The minimum absolute atomic E-state index is 0.140. The number of carbonyl (C=O) groups is 1. The molecule has 1 unspecified atom stereocenters. The lowest BCUT2D eigenvalue weighted by Gasteiger charge is -2.17. The third-order valence-corrected chi connectivity index (χ3v) is 3.84. The van der Waals surface area contributed by atoms with Gasteiger partial charge in [-0.2, -0.15) is 0 Å². The van der Waals surface area contributed by atoms with Crippen LogP contribution in [-0.2, 0) is 11.3 Å². The molecule has 19 heavy (non-hydrogen) atoms. The first kappa shape index (κ1) is 16.5. The van der Waals surface area contributed by atoms with Gasteiger partial charge in [-0.3, -0.25) is 4.79 Å². The van der Waals surface area contributed by atoms with Crippen LogP contribution in [0.1, 0.15) is 25.8 Å². The van der Waals surface area contributed by atoms with E-state index in [0.717, 1.165) is 5.56 Å². The van der Waals surface area contributed by atoms with Crippen molar-refractivity contribution >= 4 is 37.8 Å². The molecule has 1 aromatic rings. The molecule has 1 atom stereocenters. The second-order valence-corrected chi connectivity index (χ2v) is 6.52. The van der Waals surface area contributed by atoms with Crippen molar-refractivity contribution in [1.29, 1.82) is 0 Å². The van der Waals surface area contributed by atoms with E-state index in [0.29, 0.717) is 27.8 Å². The van der Waals surface area contributed by atoms with Crippen molar-refractivity contribution in [1.82, 2.24) is 5.32 Å². The van der Waals surface area contributed by atoms with Gasteiger partial charge >= 0.3 is 5.97 Å². The van der Waals surface area contributed by atoms with Crippen molar-refractivity contribution in [3.05, 3.63) is 26.6 Å². The fourth-order valence-corrected chi connectivity index (χ4v) is 2.99. The fraction of sp³-hybridized carbons (Fsp3) is 0.462. The molecule has 0 amide bonds. The average molecular weight is 395 g/mol. The van der Waals surface area contributed by atoms with Gasteiger partial charge in [-0.05, 0) is 61.9 Å². The first-order chi connectivity index (χ1) is 8.81. The van der Waals surface area contributed by atoms with Crippen molar-refractivity contribution in [2.24, 2.45) is 5.92 Å². The van der Waals surface area contributed by atoms with Crippen LogP contribution in [0.15, 0.2) is 21.1 Å². The van der Waals surface area contributed by atoms with E-state index in [1.807, 2.05) is 13.8 Å². The molecule has 1 rings (SSSR count). The van der Waals surface area contributed by atoms with Crippen molar-refractivity contribution in [2.45, 2.75) is 32.9 Å². The molecule has 0 aliphatic carbocycles. The predicted molar refractivity (Wildman–Crippen MR) is 81.2 cm³/mol. The average Bonchev–Trinajstić information content (AvgIpc) is 2.30. The van der Waals surface area contributed by atoms with E-state index >= 15 is 0 Å². The summed E-state index contributed by atoms with van der Waals surface area (Å²) in [7, 11) is 0. The van der Waals surface area contributed by atoms with Crippen LogP contribution >= 0.6 is 31.9 Å². The van der Waals surface area contributed by atoms with Crippen LogP contribution in [0.2, 0.25) is 0 Å². The Balaban J connectivity index is 2.72. The van der Waals surface area contributed by atoms with Gasteiger partial charge < -0.3 is 15.5 Å². The zero-order valence-corrected chi connectivity index (χ0v) is 14.0. The summed E-state index contributed by atoms with van der Waals surface area (Å²) in [5.74, 6) is -0.391. The molecular weight excluding hydrogens is 378 g/mol. The Labute approximate surface area is 129 Å². The third kappa shape index (κ3) is 5.12. The van der Waals surface area contributed by atoms with Gasteiger partial charge in [0.05, 0.1) is 8.95 Å². The standard InChI is InChI=1S/C13H17Br2NO3/c1-7(2)3-11(13(18)19)16-6-8-4-9(14)12(17)10(15)5-8/h4-5,7,11,16-17H,3,6H2,1-2H3,(H,18,19). The molecule has 3 N–H and O–H groups in total. The first-order valence-corrected chi connectivity index (χ1v) is 7.53. The minimum Gasteiger partial charge on any atom is -0.506 e. The number of phenols is 1. The van der Waals surface area contributed by atoms with Crippen LogP contribution in [0.25, 0.3) is 0 Å². The number of nitrogens with one attached hydrogen (secondary N) is 1. The minimum atomic E-state index is -0.842. The summed E-state index contributed by atoms with van der Waals surface area (Å²) >= 11 is 6.50. The van der Waals surface area contributed by atoms with Gasteiger partial charge in [0.2, 0.25) is 0 Å². The van der Waals surface area contributed by atoms with Crippen LogP contribution in [0, 0.1) is 5.92 Å². The Morgan fingerprint density at radius 2 is 1.84 bits per heavy atom. The van der Waals surface area contributed by atoms with Gasteiger partial charge in [-0.1, -0.05) is 13.8 Å². The van der Waals surface area contributed by atoms with E-state index in [-0.39, 0.29) is 5.75 Å². The highest BCUT2D eigenvalue weighted by Crippen LogP contribution is 2.33. The van der Waals surface area contributed by atoms with Crippen molar-refractivity contribution in [2.75, 3.05) is 0 Å². The second-order valence-electron chi connectivity index (χ2n) is 4.81. The highest BCUT2D eigenvalue weighted by Gasteiger charge is 2.18. The quantitative estimate of drug-likeness (QED) is 0.690. The zero-order chi connectivity index (χ0) is 14.6. The number of carboxylic acids is 1. The van der Waals surface area contributed by atoms with Crippen molar-refractivity contribution in [3.63, 3.8) is 0 Å². The third-order valence-electron chi connectivity index (χ3n) is 2.63. The van der Waals surface area contributed by atoms with Crippen LogP contribution in [-0.4, -0.2) is 22.2 Å². The number of hydrogen-bond donors (Lipinski definition) is 3. The van der Waals surface area contributed by atoms with Gasteiger partial charge in [-0.25, -0.2) is 0 Å². The smallest absolute Gasteiger partial charge is 0.320 e. The number of halogens is 2. The number of hydrogen-bond acceptors (Lipinski definition) is 3. The molecule has 0 aliphatic heterocycles. The summed E-state index contributed by atoms with van der Waals surface area (Å²) in [5.41, 5.74) is 0.895. The Morgan fingerprint density at radius 1 is 1.32 bits per heavy atom. The largest absolute Gasteiger partial charge is 0.506 e. The molecule has 1 aromatic carbocycles. The SMILES string of the molecule is CC(C)CC(NCc1cc(Br)c(O)c(Br)c1)C(=O)O. The summed E-state index contributed by atoms with van der Waals surface area (Å²) in [5, 5.41) is 21.8. The van der Waals surface area contributed by atoms with Crippen LogP contribution in [0.5, 0.6) is 5.75 Å². The molecule has 0 radical (unpaired) electrons. The van der Waals surface area contributed by atoms with E-state index in [2.05, 4.69) is 37.2 Å². The number of carboxylic acid groups (broad SMARTS) is 1. The van der Waals surface area contributed by atoms with Gasteiger partial charge in [-0.15, -0.1) is 0 Å². The lowest BCUT2D eigenvalue weighted by atomic mass is 10.0. The first-order valence-electron chi connectivity index (χ1n) is 5.94. The Hall–Kier alpha value is -0.590. The summed E-state index contributed by atoms with van der Waals surface area (Å²) in [6, 6.07) is 2.97. The molecule has 4 nitrogen and oxygen atoms in total. The lowest BCUT2D eigenvalue weighted by molar-refractivity contribution is -0.140. The lowest BCUT2D eigenvalue weighted by Crippen LogP contribution is -2.37.